The number of rotatable bonds is 8. The van der Waals surface area contributed by atoms with E-state index in [1.165, 1.54) is 22.9 Å². The van der Waals surface area contributed by atoms with E-state index in [2.05, 4.69) is 39.4 Å². The molecule has 0 aromatic heterocycles. The fraction of sp³-hybridized carbons (Fsp3) is 0.538. The minimum absolute atomic E-state index is 0.324. The summed E-state index contributed by atoms with van der Waals surface area (Å²) in [5.74, 6) is 0. The molecule has 0 aliphatic heterocycles. The fourth-order valence-corrected chi connectivity index (χ4v) is 2.01. The first-order chi connectivity index (χ1) is 7.84. The molecule has 0 aliphatic rings. The average molecular weight is 286 g/mol. The van der Waals surface area contributed by atoms with Gasteiger partial charge in [0.05, 0.1) is 0 Å². The van der Waals surface area contributed by atoms with Crippen LogP contribution in [-0.2, 0) is 6.54 Å². The van der Waals surface area contributed by atoms with Gasteiger partial charge in [0.25, 0.3) is 0 Å². The average Bonchev–Trinajstić information content (AvgIpc) is 2.30. The lowest BCUT2D eigenvalue weighted by molar-refractivity contribution is 0.282. The number of nitrogens with one attached hydrogen (secondary N) is 1. The van der Waals surface area contributed by atoms with Crippen molar-refractivity contribution in [2.75, 3.05) is 13.2 Å². The van der Waals surface area contributed by atoms with Crippen LogP contribution in [0.5, 0.6) is 0 Å². The van der Waals surface area contributed by atoms with Gasteiger partial charge in [-0.2, -0.15) is 0 Å². The Morgan fingerprint density at radius 2 is 1.81 bits per heavy atom. The number of unbranched alkanes of at least 4 members (excludes halogenated alkanes) is 3. The van der Waals surface area contributed by atoms with Crippen molar-refractivity contribution in [3.05, 3.63) is 34.3 Å². The van der Waals surface area contributed by atoms with Crippen molar-refractivity contribution in [1.29, 1.82) is 0 Å². The normalized spacial score (nSPS) is 10.6. The first kappa shape index (κ1) is 13.7. The van der Waals surface area contributed by atoms with Gasteiger partial charge < -0.3 is 10.4 Å². The van der Waals surface area contributed by atoms with Crippen LogP contribution in [0.4, 0.5) is 0 Å². The zero-order valence-electron chi connectivity index (χ0n) is 9.58. The number of aliphatic hydroxyl groups is 1. The Morgan fingerprint density at radius 3 is 2.56 bits per heavy atom. The molecule has 0 saturated heterocycles. The van der Waals surface area contributed by atoms with Crippen molar-refractivity contribution in [3.63, 3.8) is 0 Å². The van der Waals surface area contributed by atoms with Crippen LogP contribution < -0.4 is 5.32 Å². The highest BCUT2D eigenvalue weighted by molar-refractivity contribution is 9.10. The lowest BCUT2D eigenvalue weighted by atomic mass is 10.2. The molecule has 2 N–H and O–H groups in total. The van der Waals surface area contributed by atoms with E-state index < -0.39 is 0 Å². The van der Waals surface area contributed by atoms with Gasteiger partial charge in [0.2, 0.25) is 0 Å². The first-order valence-electron chi connectivity index (χ1n) is 5.89. The number of hydrogen-bond donors (Lipinski definition) is 2. The van der Waals surface area contributed by atoms with E-state index in [0.717, 1.165) is 25.9 Å². The first-order valence-corrected chi connectivity index (χ1v) is 6.69. The number of benzene rings is 1. The maximum absolute atomic E-state index is 8.63. The van der Waals surface area contributed by atoms with E-state index in [1.54, 1.807) is 0 Å². The quantitative estimate of drug-likeness (QED) is 0.720. The van der Waals surface area contributed by atoms with Crippen LogP contribution >= 0.6 is 15.9 Å². The van der Waals surface area contributed by atoms with Crippen molar-refractivity contribution in [2.45, 2.75) is 32.2 Å². The molecule has 0 fully saturated rings. The Hall–Kier alpha value is -0.380. The van der Waals surface area contributed by atoms with E-state index in [9.17, 15) is 0 Å². The number of halogens is 1. The minimum atomic E-state index is 0.324. The summed E-state index contributed by atoms with van der Waals surface area (Å²) in [6.07, 6.45) is 4.45. The van der Waals surface area contributed by atoms with Crippen LogP contribution in [0.1, 0.15) is 31.2 Å². The Bertz CT molecular complexity index is 291. The fourth-order valence-electron chi connectivity index (χ4n) is 1.58. The Kier molecular flexibility index (Phi) is 7.47. The van der Waals surface area contributed by atoms with E-state index in [-0.39, 0.29) is 0 Å². The van der Waals surface area contributed by atoms with Gasteiger partial charge in [0, 0.05) is 17.6 Å². The summed E-state index contributed by atoms with van der Waals surface area (Å²) < 4.78 is 1.17. The molecule has 0 atom stereocenters. The second kappa shape index (κ2) is 8.74. The molecule has 0 saturated carbocycles. The summed E-state index contributed by atoms with van der Waals surface area (Å²) in [7, 11) is 0. The molecule has 0 heterocycles. The van der Waals surface area contributed by atoms with Crippen LogP contribution in [0.3, 0.4) is 0 Å². The standard InChI is InChI=1S/C13H20BrNO/c14-13-8-4-3-7-12(13)11-15-9-5-1-2-6-10-16/h3-4,7-8,15-16H,1-2,5-6,9-11H2. The molecule has 0 spiro atoms. The van der Waals surface area contributed by atoms with Crippen LogP contribution in [0.15, 0.2) is 28.7 Å². The molecule has 1 aromatic carbocycles. The highest BCUT2D eigenvalue weighted by Crippen LogP contribution is 2.15. The molecule has 3 heteroatoms. The van der Waals surface area contributed by atoms with Gasteiger partial charge in [0.1, 0.15) is 0 Å². The summed E-state index contributed by atoms with van der Waals surface area (Å²) in [5, 5.41) is 12.1. The van der Waals surface area contributed by atoms with Gasteiger partial charge in [0.15, 0.2) is 0 Å². The summed E-state index contributed by atoms with van der Waals surface area (Å²) in [6, 6.07) is 8.28. The highest BCUT2D eigenvalue weighted by atomic mass is 79.9. The number of hydrogen-bond acceptors (Lipinski definition) is 2. The largest absolute Gasteiger partial charge is 0.396 e. The minimum Gasteiger partial charge on any atom is -0.396 e. The molecule has 0 bridgehead atoms. The molecular weight excluding hydrogens is 266 g/mol. The lowest BCUT2D eigenvalue weighted by Gasteiger charge is -2.06. The zero-order valence-corrected chi connectivity index (χ0v) is 11.2. The Labute approximate surface area is 106 Å². The van der Waals surface area contributed by atoms with E-state index >= 15 is 0 Å². The predicted octanol–water partition coefficient (Wildman–Crippen LogP) is 3.09. The van der Waals surface area contributed by atoms with E-state index in [0.29, 0.717) is 6.61 Å². The van der Waals surface area contributed by atoms with Gasteiger partial charge in [-0.15, -0.1) is 0 Å². The van der Waals surface area contributed by atoms with Crippen molar-refractivity contribution in [1.82, 2.24) is 5.32 Å². The van der Waals surface area contributed by atoms with E-state index in [1.807, 2.05) is 6.07 Å². The van der Waals surface area contributed by atoms with Crippen LogP contribution in [-0.4, -0.2) is 18.3 Å². The molecule has 0 aliphatic carbocycles. The van der Waals surface area contributed by atoms with Crippen molar-refractivity contribution < 1.29 is 5.11 Å². The van der Waals surface area contributed by atoms with Gasteiger partial charge in [-0.05, 0) is 31.0 Å². The zero-order chi connectivity index (χ0) is 11.6. The summed E-state index contributed by atoms with van der Waals surface area (Å²) in [6.45, 7) is 2.29. The molecule has 0 amide bonds. The van der Waals surface area contributed by atoms with Gasteiger partial charge in [-0.1, -0.05) is 47.0 Å². The molecular formula is C13H20BrNO. The summed E-state index contributed by atoms with van der Waals surface area (Å²) >= 11 is 3.53. The molecule has 0 unspecified atom stereocenters. The molecule has 1 aromatic rings. The SMILES string of the molecule is OCCCCCCNCc1ccccc1Br. The van der Waals surface area contributed by atoms with Crippen molar-refractivity contribution in [3.8, 4) is 0 Å². The molecule has 1 rings (SSSR count). The molecule has 0 radical (unpaired) electrons. The molecule has 90 valence electrons. The molecule has 16 heavy (non-hydrogen) atoms. The third-order valence-electron chi connectivity index (χ3n) is 2.53. The monoisotopic (exact) mass is 285 g/mol. The second-order valence-corrected chi connectivity index (χ2v) is 4.76. The third kappa shape index (κ3) is 5.64. The maximum atomic E-state index is 8.63. The smallest absolute Gasteiger partial charge is 0.0431 e. The maximum Gasteiger partial charge on any atom is 0.0431 e. The summed E-state index contributed by atoms with van der Waals surface area (Å²) in [4.78, 5) is 0. The number of aliphatic hydroxyl groups excluding tert-OH is 1. The van der Waals surface area contributed by atoms with Crippen LogP contribution in [0.25, 0.3) is 0 Å². The lowest BCUT2D eigenvalue weighted by Crippen LogP contribution is -2.14. The predicted molar refractivity (Wildman–Crippen MR) is 71.4 cm³/mol. The van der Waals surface area contributed by atoms with Gasteiger partial charge in [-0.25, -0.2) is 0 Å². The second-order valence-electron chi connectivity index (χ2n) is 3.91. The van der Waals surface area contributed by atoms with Gasteiger partial charge in [-0.3, -0.25) is 0 Å². The highest BCUT2D eigenvalue weighted by Gasteiger charge is 1.97. The Morgan fingerprint density at radius 1 is 1.06 bits per heavy atom. The van der Waals surface area contributed by atoms with Crippen molar-refractivity contribution >= 4 is 15.9 Å². The topological polar surface area (TPSA) is 32.3 Å². The molecule has 2 nitrogen and oxygen atoms in total. The van der Waals surface area contributed by atoms with Crippen LogP contribution in [0, 0.1) is 0 Å². The van der Waals surface area contributed by atoms with E-state index in [4.69, 9.17) is 5.11 Å². The van der Waals surface area contributed by atoms with Gasteiger partial charge >= 0.3 is 0 Å². The third-order valence-corrected chi connectivity index (χ3v) is 3.31. The Balaban J connectivity index is 2.05. The summed E-state index contributed by atoms with van der Waals surface area (Å²) in [5.41, 5.74) is 1.30. The van der Waals surface area contributed by atoms with Crippen molar-refractivity contribution in [2.24, 2.45) is 0 Å². The van der Waals surface area contributed by atoms with Crippen LogP contribution in [0.2, 0.25) is 0 Å².